The zero-order valence-corrected chi connectivity index (χ0v) is 18.2. The SMILES string of the molecule is CCNc1ccc2c(c1)OC1C=C(N(CC)CC)C=CC1=C2c1ccccc1C(=O)O. The van der Waals surface area contributed by atoms with Crippen LogP contribution in [0.3, 0.4) is 0 Å². The van der Waals surface area contributed by atoms with Gasteiger partial charge in [-0.15, -0.1) is 0 Å². The smallest absolute Gasteiger partial charge is 0.336 e. The van der Waals surface area contributed by atoms with Crippen molar-refractivity contribution in [1.29, 1.82) is 0 Å². The Bertz CT molecular complexity index is 1090. The molecule has 2 N–H and O–H groups in total. The molecular formula is C26H28N2O3. The van der Waals surface area contributed by atoms with Crippen molar-refractivity contribution in [3.63, 3.8) is 0 Å². The summed E-state index contributed by atoms with van der Waals surface area (Å²) < 4.78 is 6.44. The van der Waals surface area contributed by atoms with Gasteiger partial charge in [0.15, 0.2) is 0 Å². The Kier molecular flexibility index (Phi) is 5.85. The molecule has 5 heteroatoms. The van der Waals surface area contributed by atoms with Crippen molar-refractivity contribution in [2.45, 2.75) is 26.9 Å². The maximum absolute atomic E-state index is 12.0. The first-order valence-corrected chi connectivity index (χ1v) is 10.8. The van der Waals surface area contributed by atoms with Crippen molar-refractivity contribution in [2.24, 2.45) is 0 Å². The number of aromatic carboxylic acids is 1. The Balaban J connectivity index is 1.92. The molecule has 1 aliphatic heterocycles. The zero-order chi connectivity index (χ0) is 22.0. The molecule has 0 amide bonds. The number of benzene rings is 2. The Labute approximate surface area is 183 Å². The lowest BCUT2D eigenvalue weighted by molar-refractivity contribution is 0.0696. The number of carbonyl (C=O) groups is 1. The first-order valence-electron chi connectivity index (χ1n) is 10.8. The van der Waals surface area contributed by atoms with Crippen molar-refractivity contribution in [2.75, 3.05) is 25.0 Å². The Morgan fingerprint density at radius 3 is 2.55 bits per heavy atom. The summed E-state index contributed by atoms with van der Waals surface area (Å²) in [6.07, 6.45) is 6.04. The summed E-state index contributed by atoms with van der Waals surface area (Å²) in [6, 6.07) is 13.2. The fourth-order valence-corrected chi connectivity index (χ4v) is 4.31. The standard InChI is InChI=1S/C26H28N2O3/c1-4-27-17-11-13-21-23(15-17)31-24-16-18(28(5-2)6-3)12-14-22(24)25(21)19-9-7-8-10-20(19)26(29)30/h7-16,24,27H,4-6H2,1-3H3,(H,29,30). The average Bonchev–Trinajstić information content (AvgIpc) is 2.78. The molecule has 1 aliphatic carbocycles. The van der Waals surface area contributed by atoms with Gasteiger partial charge in [-0.3, -0.25) is 0 Å². The number of nitrogens with zero attached hydrogens (tertiary/aromatic N) is 1. The predicted octanol–water partition coefficient (Wildman–Crippen LogP) is 5.18. The molecule has 0 spiro atoms. The van der Waals surface area contributed by atoms with Crippen molar-refractivity contribution < 1.29 is 14.6 Å². The number of nitrogens with one attached hydrogen (secondary N) is 1. The minimum absolute atomic E-state index is 0.276. The largest absolute Gasteiger partial charge is 0.481 e. The lowest BCUT2D eigenvalue weighted by Gasteiger charge is -2.34. The van der Waals surface area contributed by atoms with E-state index >= 15 is 0 Å². The van der Waals surface area contributed by atoms with E-state index < -0.39 is 5.97 Å². The number of anilines is 1. The van der Waals surface area contributed by atoms with Gasteiger partial charge in [0.1, 0.15) is 11.9 Å². The fourth-order valence-electron chi connectivity index (χ4n) is 4.31. The molecule has 2 aromatic rings. The zero-order valence-electron chi connectivity index (χ0n) is 18.2. The molecule has 0 fully saturated rings. The highest BCUT2D eigenvalue weighted by Gasteiger charge is 2.31. The molecule has 5 nitrogen and oxygen atoms in total. The first kappa shape index (κ1) is 20.8. The topological polar surface area (TPSA) is 61.8 Å². The van der Waals surface area contributed by atoms with Gasteiger partial charge in [-0.2, -0.15) is 0 Å². The van der Waals surface area contributed by atoms with Crippen LogP contribution in [0.2, 0.25) is 0 Å². The van der Waals surface area contributed by atoms with E-state index in [9.17, 15) is 9.90 Å². The highest BCUT2D eigenvalue weighted by atomic mass is 16.5. The van der Waals surface area contributed by atoms with Gasteiger partial charge >= 0.3 is 5.97 Å². The van der Waals surface area contributed by atoms with Gasteiger partial charge in [0.05, 0.1) is 5.56 Å². The summed E-state index contributed by atoms with van der Waals surface area (Å²) >= 11 is 0. The molecule has 0 aromatic heterocycles. The van der Waals surface area contributed by atoms with E-state index in [1.54, 1.807) is 12.1 Å². The molecule has 1 unspecified atom stereocenters. The highest BCUT2D eigenvalue weighted by Crippen LogP contribution is 2.44. The summed E-state index contributed by atoms with van der Waals surface area (Å²) in [4.78, 5) is 14.3. The van der Waals surface area contributed by atoms with Crippen LogP contribution < -0.4 is 10.1 Å². The number of hydrogen-bond donors (Lipinski definition) is 2. The highest BCUT2D eigenvalue weighted by molar-refractivity contribution is 5.99. The number of hydrogen-bond acceptors (Lipinski definition) is 4. The minimum atomic E-state index is -0.934. The molecule has 2 aliphatic rings. The minimum Gasteiger partial charge on any atom is -0.481 e. The summed E-state index contributed by atoms with van der Waals surface area (Å²) in [5.74, 6) is -0.176. The molecule has 0 bridgehead atoms. The van der Waals surface area contributed by atoms with Crippen LogP contribution in [-0.2, 0) is 0 Å². The number of fused-ring (bicyclic) bond motifs is 2. The van der Waals surface area contributed by atoms with Crippen LogP contribution in [0.5, 0.6) is 5.75 Å². The summed E-state index contributed by atoms with van der Waals surface area (Å²) in [5.41, 5.74) is 5.91. The van der Waals surface area contributed by atoms with Gasteiger partial charge in [-0.1, -0.05) is 24.3 Å². The molecule has 1 atom stereocenters. The van der Waals surface area contributed by atoms with Gasteiger partial charge in [-0.05, 0) is 56.7 Å². The van der Waals surface area contributed by atoms with Gasteiger partial charge in [0.2, 0.25) is 0 Å². The number of allylic oxidation sites excluding steroid dienone is 1. The molecule has 0 saturated carbocycles. The molecule has 1 heterocycles. The second-order valence-corrected chi connectivity index (χ2v) is 7.56. The molecule has 2 aromatic carbocycles. The molecule has 4 rings (SSSR count). The summed E-state index contributed by atoms with van der Waals surface area (Å²) in [7, 11) is 0. The maximum atomic E-state index is 12.0. The van der Waals surface area contributed by atoms with Crippen molar-refractivity contribution in [3.8, 4) is 5.75 Å². The number of ether oxygens (including phenoxy) is 1. The fraction of sp³-hybridized carbons (Fsp3) is 0.269. The molecular weight excluding hydrogens is 388 g/mol. The van der Waals surface area contributed by atoms with Crippen LogP contribution >= 0.6 is 0 Å². The summed E-state index contributed by atoms with van der Waals surface area (Å²) in [6.45, 7) is 8.96. The van der Waals surface area contributed by atoms with Crippen LogP contribution in [0, 0.1) is 0 Å². The number of likely N-dealkylation sites (N-methyl/N-ethyl adjacent to an activating group) is 1. The molecule has 31 heavy (non-hydrogen) atoms. The van der Waals surface area contributed by atoms with E-state index in [1.165, 1.54) is 0 Å². The number of carboxylic acid groups (broad SMARTS) is 1. The third kappa shape index (κ3) is 3.83. The Hall–Kier alpha value is -3.47. The van der Waals surface area contributed by atoms with Crippen molar-refractivity contribution in [1.82, 2.24) is 4.90 Å². The Morgan fingerprint density at radius 1 is 1.06 bits per heavy atom. The van der Waals surface area contributed by atoms with Gasteiger partial charge in [0, 0.05) is 53.8 Å². The van der Waals surface area contributed by atoms with Crippen LogP contribution in [0.15, 0.2) is 72.0 Å². The van der Waals surface area contributed by atoms with Gasteiger partial charge in [-0.25, -0.2) is 4.79 Å². The first-order chi connectivity index (χ1) is 15.1. The van der Waals surface area contributed by atoms with E-state index in [2.05, 4.69) is 49.2 Å². The van der Waals surface area contributed by atoms with Gasteiger partial charge < -0.3 is 20.1 Å². The monoisotopic (exact) mass is 416 g/mol. The third-order valence-electron chi connectivity index (χ3n) is 5.79. The van der Waals surface area contributed by atoms with E-state index in [0.717, 1.165) is 53.5 Å². The van der Waals surface area contributed by atoms with Crippen LogP contribution in [0.4, 0.5) is 5.69 Å². The van der Waals surface area contributed by atoms with E-state index in [4.69, 9.17) is 4.74 Å². The summed E-state index contributed by atoms with van der Waals surface area (Å²) in [5, 5.41) is 13.2. The normalized spacial score (nSPS) is 16.7. The van der Waals surface area contributed by atoms with E-state index in [-0.39, 0.29) is 6.10 Å². The lowest BCUT2D eigenvalue weighted by atomic mass is 9.84. The van der Waals surface area contributed by atoms with Crippen LogP contribution in [-0.4, -0.2) is 41.7 Å². The van der Waals surface area contributed by atoms with Crippen molar-refractivity contribution in [3.05, 3.63) is 88.7 Å². The second kappa shape index (κ2) is 8.72. The van der Waals surface area contributed by atoms with Crippen LogP contribution in [0.1, 0.15) is 42.3 Å². The number of carboxylic acids is 1. The quantitative estimate of drug-likeness (QED) is 0.652. The molecule has 0 radical (unpaired) electrons. The Morgan fingerprint density at radius 2 is 1.84 bits per heavy atom. The molecule has 160 valence electrons. The van der Waals surface area contributed by atoms with Gasteiger partial charge in [0.25, 0.3) is 0 Å². The van der Waals surface area contributed by atoms with Crippen LogP contribution in [0.25, 0.3) is 5.57 Å². The van der Waals surface area contributed by atoms with E-state index in [1.807, 2.05) is 30.3 Å². The third-order valence-corrected chi connectivity index (χ3v) is 5.79. The maximum Gasteiger partial charge on any atom is 0.336 e. The average molecular weight is 417 g/mol. The number of rotatable bonds is 7. The molecule has 0 saturated heterocycles. The van der Waals surface area contributed by atoms with E-state index in [0.29, 0.717) is 11.1 Å². The lowest BCUT2D eigenvalue weighted by Crippen LogP contribution is -2.29. The predicted molar refractivity (Wildman–Crippen MR) is 125 cm³/mol. The van der Waals surface area contributed by atoms with Crippen molar-refractivity contribution >= 4 is 17.2 Å². The second-order valence-electron chi connectivity index (χ2n) is 7.56.